The lowest BCUT2D eigenvalue weighted by atomic mass is 10.0. The molecule has 0 spiro atoms. The summed E-state index contributed by atoms with van der Waals surface area (Å²) in [6, 6.07) is 104. The summed E-state index contributed by atoms with van der Waals surface area (Å²) in [6.45, 7) is 0. The molecule has 1 aliphatic carbocycles. The van der Waals surface area contributed by atoms with Crippen LogP contribution in [0, 0.1) is 0 Å². The lowest BCUT2D eigenvalue weighted by Crippen LogP contribution is -2.01. The largest absolute Gasteiger partial charge is 0.309 e. The molecule has 0 fully saturated rings. The Hall–Kier alpha value is -11.3. The SMILES string of the molecule is Brc1cccc(-c2nc(-c3ccccc3)nc(-c3ccccc3)n2)c1.c1ccc(-c2nc(-c3ccccc3)nc(-c3cccc(-n4c5ccccc5c5cccc(-c6nc7ccccc7s6)c54)c3)n2)cc1.c1ccc2c(c1)Cc1c(-c3nc4ccccc4s3)cccc1-2. The number of para-hydroxylation sites is 4. The molecule has 0 saturated heterocycles. The van der Waals surface area contributed by atoms with Gasteiger partial charge in [0.05, 0.1) is 31.5 Å². The first kappa shape index (κ1) is 56.9. The molecule has 0 bridgehead atoms. The van der Waals surface area contributed by atoms with Crippen molar-refractivity contribution < 1.29 is 0 Å². The highest BCUT2D eigenvalue weighted by atomic mass is 79.9. The average Bonchev–Trinajstić information content (AvgIpc) is 1.60. The summed E-state index contributed by atoms with van der Waals surface area (Å²) in [4.78, 5) is 38.9. The fourth-order valence-corrected chi connectivity index (χ4v) is 14.5. The number of rotatable bonds is 9. The van der Waals surface area contributed by atoms with Crippen LogP contribution < -0.4 is 0 Å². The molecule has 0 atom stereocenters. The second-order valence-electron chi connectivity index (χ2n) is 22.3. The van der Waals surface area contributed by atoms with Crippen molar-refractivity contribution in [3.63, 3.8) is 0 Å². The molecule has 0 unspecified atom stereocenters. The van der Waals surface area contributed by atoms with Gasteiger partial charge in [-0.25, -0.2) is 39.9 Å². The van der Waals surface area contributed by atoms with Crippen LogP contribution in [0.3, 0.4) is 0 Å². The molecule has 0 radical (unpaired) electrons. The summed E-state index contributed by atoms with van der Waals surface area (Å²) in [5.74, 6) is 3.92. The van der Waals surface area contributed by atoms with Gasteiger partial charge in [0.15, 0.2) is 34.9 Å². The molecule has 0 saturated carbocycles. The van der Waals surface area contributed by atoms with Gasteiger partial charge in [-0.2, -0.15) is 0 Å². The van der Waals surface area contributed by atoms with Gasteiger partial charge in [0.1, 0.15) is 10.0 Å². The first-order valence-electron chi connectivity index (χ1n) is 30.5. The van der Waals surface area contributed by atoms with Crippen LogP contribution in [0.15, 0.2) is 308 Å². The molecule has 0 N–H and O–H groups in total. The van der Waals surface area contributed by atoms with Crippen LogP contribution in [0.25, 0.3) is 149 Å². The standard InChI is InChI=1S/C40H25N5S.C21H14BrN3.C20H13NS/c1-3-13-26(14-4-1)37-42-38(27-15-5-2-6-16-27)44-39(43-37)28-17-11-18-29(25-28)45-34-23-9-7-19-30(34)31-20-12-21-32(36(31)45)40-41-33-22-8-10-24-35(33)46-40;22-18-13-7-12-17(14-18)21-24-19(15-8-3-1-4-9-15)23-20(25-21)16-10-5-2-6-11-16;1-2-7-14-13(6-1)12-17-15(14)8-5-9-16(17)20-21-18-10-3-4-11-19(18)22-20/h1-25H;1-14H;1-11H,12H2. The fourth-order valence-electron chi connectivity index (χ4n) is 12.1. The van der Waals surface area contributed by atoms with Gasteiger partial charge in [-0.05, 0) is 89.3 Å². The van der Waals surface area contributed by atoms with Gasteiger partial charge < -0.3 is 4.57 Å². The van der Waals surface area contributed by atoms with Crippen LogP contribution in [-0.2, 0) is 6.42 Å². The predicted octanol–water partition coefficient (Wildman–Crippen LogP) is 21.4. The van der Waals surface area contributed by atoms with Crippen molar-refractivity contribution in [2.45, 2.75) is 6.42 Å². The number of fused-ring (bicyclic) bond motifs is 8. The molecule has 18 rings (SSSR count). The summed E-state index contributed by atoms with van der Waals surface area (Å²) in [7, 11) is 0. The van der Waals surface area contributed by atoms with Crippen molar-refractivity contribution in [3.8, 4) is 106 Å². The van der Waals surface area contributed by atoms with Gasteiger partial charge in [0.2, 0.25) is 0 Å². The third-order valence-electron chi connectivity index (χ3n) is 16.4. The number of aromatic nitrogens is 9. The van der Waals surface area contributed by atoms with E-state index in [-0.39, 0.29) is 0 Å². The highest BCUT2D eigenvalue weighted by Gasteiger charge is 2.24. The van der Waals surface area contributed by atoms with Crippen LogP contribution in [0.2, 0.25) is 0 Å². The monoisotopic (exact) mass is 1290 g/mol. The van der Waals surface area contributed by atoms with E-state index in [1.54, 1.807) is 22.7 Å². The van der Waals surface area contributed by atoms with E-state index >= 15 is 0 Å². The van der Waals surface area contributed by atoms with Crippen molar-refractivity contribution in [1.82, 2.24) is 44.4 Å². The van der Waals surface area contributed by atoms with E-state index in [2.05, 4.69) is 177 Å². The first-order chi connectivity index (χ1) is 46.0. The van der Waals surface area contributed by atoms with Crippen molar-refractivity contribution in [3.05, 3.63) is 319 Å². The highest BCUT2D eigenvalue weighted by Crippen LogP contribution is 2.44. The zero-order valence-corrected chi connectivity index (χ0v) is 53.0. The lowest BCUT2D eigenvalue weighted by molar-refractivity contribution is 1.07. The van der Waals surface area contributed by atoms with Gasteiger partial charge in [0.25, 0.3) is 0 Å². The Labute approximate surface area is 553 Å². The van der Waals surface area contributed by atoms with Crippen LogP contribution in [-0.4, -0.2) is 44.4 Å². The number of nitrogens with zero attached hydrogens (tertiary/aromatic N) is 9. The number of hydrogen-bond donors (Lipinski definition) is 0. The smallest absolute Gasteiger partial charge is 0.164 e. The lowest BCUT2D eigenvalue weighted by Gasteiger charge is -2.13. The van der Waals surface area contributed by atoms with E-state index in [0.717, 1.165) is 87.6 Å². The first-order valence-corrected chi connectivity index (χ1v) is 33.0. The normalized spacial score (nSPS) is 11.5. The third kappa shape index (κ3) is 11.5. The number of hydrogen-bond acceptors (Lipinski definition) is 10. The Balaban J connectivity index is 0.000000122. The van der Waals surface area contributed by atoms with E-state index in [0.29, 0.717) is 34.9 Å². The van der Waals surface area contributed by atoms with Crippen molar-refractivity contribution in [1.29, 1.82) is 0 Å². The maximum Gasteiger partial charge on any atom is 0.164 e. The van der Waals surface area contributed by atoms with Crippen LogP contribution >= 0.6 is 38.6 Å². The molecule has 5 heterocycles. The molecular formula is C81H52BrN9S2. The zero-order valence-electron chi connectivity index (χ0n) is 49.8. The average molecular weight is 1300 g/mol. The summed E-state index contributed by atoms with van der Waals surface area (Å²) in [5, 5.41) is 4.52. The maximum atomic E-state index is 5.06. The summed E-state index contributed by atoms with van der Waals surface area (Å²) in [6.07, 6.45) is 1.01. The van der Waals surface area contributed by atoms with Gasteiger partial charge in [0, 0.05) is 65.4 Å². The summed E-state index contributed by atoms with van der Waals surface area (Å²) in [5.41, 5.74) is 19.1. The molecule has 5 aromatic heterocycles. The second-order valence-corrected chi connectivity index (χ2v) is 25.3. The number of thiazole rings is 2. The molecule has 0 amide bonds. The van der Waals surface area contributed by atoms with Gasteiger partial charge in [-0.15, -0.1) is 22.7 Å². The molecule has 440 valence electrons. The van der Waals surface area contributed by atoms with E-state index in [4.69, 9.17) is 34.9 Å². The molecule has 17 aromatic rings. The van der Waals surface area contributed by atoms with Crippen molar-refractivity contribution in [2.75, 3.05) is 0 Å². The van der Waals surface area contributed by atoms with Crippen LogP contribution in [0.5, 0.6) is 0 Å². The highest BCUT2D eigenvalue weighted by molar-refractivity contribution is 9.10. The van der Waals surface area contributed by atoms with E-state index < -0.39 is 0 Å². The Morgan fingerprint density at radius 1 is 0.301 bits per heavy atom. The minimum absolute atomic E-state index is 0.627. The molecule has 9 nitrogen and oxygen atoms in total. The Morgan fingerprint density at radius 3 is 1.26 bits per heavy atom. The Morgan fingerprint density at radius 2 is 0.699 bits per heavy atom. The van der Waals surface area contributed by atoms with E-state index in [9.17, 15) is 0 Å². The number of benzene rings is 12. The molecule has 93 heavy (non-hydrogen) atoms. The van der Waals surface area contributed by atoms with Crippen LogP contribution in [0.4, 0.5) is 0 Å². The second kappa shape index (κ2) is 25.2. The molecule has 1 aliphatic rings. The summed E-state index contributed by atoms with van der Waals surface area (Å²) < 4.78 is 5.78. The van der Waals surface area contributed by atoms with E-state index in [1.807, 2.05) is 152 Å². The van der Waals surface area contributed by atoms with Gasteiger partial charge in [-0.3, -0.25) is 0 Å². The fraction of sp³-hybridized carbons (Fsp3) is 0.0123. The van der Waals surface area contributed by atoms with Crippen molar-refractivity contribution in [2.24, 2.45) is 0 Å². The van der Waals surface area contributed by atoms with E-state index in [1.165, 1.54) is 48.0 Å². The molecule has 0 aliphatic heterocycles. The topological polar surface area (TPSA) is 108 Å². The van der Waals surface area contributed by atoms with Crippen LogP contribution in [0.1, 0.15) is 11.1 Å². The summed E-state index contributed by atoms with van der Waals surface area (Å²) >= 11 is 7.03. The van der Waals surface area contributed by atoms with Gasteiger partial charge >= 0.3 is 0 Å². The predicted molar refractivity (Wildman–Crippen MR) is 386 cm³/mol. The zero-order chi connectivity index (χ0) is 62.0. The van der Waals surface area contributed by atoms with Crippen molar-refractivity contribution >= 4 is 80.8 Å². The molecule has 12 aromatic carbocycles. The molecule has 12 heteroatoms. The van der Waals surface area contributed by atoms with Gasteiger partial charge in [-0.1, -0.05) is 259 Å². The Bertz CT molecular complexity index is 5400. The minimum atomic E-state index is 0.627. The number of halogens is 1. The minimum Gasteiger partial charge on any atom is -0.309 e. The third-order valence-corrected chi connectivity index (χ3v) is 19.1. The maximum absolute atomic E-state index is 5.06. The quantitative estimate of drug-likeness (QED) is 0.141. The Kier molecular flexibility index (Phi) is 15.4. The molecular weight excluding hydrogens is 1240 g/mol.